The van der Waals surface area contributed by atoms with Gasteiger partial charge in [0.15, 0.2) is 5.13 Å². The van der Waals surface area contributed by atoms with Crippen molar-refractivity contribution >= 4 is 54.0 Å². The summed E-state index contributed by atoms with van der Waals surface area (Å²) >= 11 is 2.67. The highest BCUT2D eigenvalue weighted by atomic mass is 32.2. The van der Waals surface area contributed by atoms with E-state index in [1.807, 2.05) is 19.9 Å². The normalized spacial score (nSPS) is 17.3. The van der Waals surface area contributed by atoms with E-state index in [9.17, 15) is 13.2 Å². The van der Waals surface area contributed by atoms with Crippen molar-refractivity contribution in [2.75, 3.05) is 18.0 Å². The van der Waals surface area contributed by atoms with Crippen LogP contribution in [0, 0.1) is 19.8 Å². The molecule has 1 unspecified atom stereocenters. The molecular formula is C24H25N3O4S3. The molecule has 0 spiro atoms. The van der Waals surface area contributed by atoms with Crippen molar-refractivity contribution in [1.29, 1.82) is 0 Å². The lowest BCUT2D eigenvalue weighted by molar-refractivity contribution is -0.123. The largest absolute Gasteiger partial charge is 0.467 e. The molecule has 34 heavy (non-hydrogen) atoms. The van der Waals surface area contributed by atoms with E-state index in [1.54, 1.807) is 34.7 Å². The van der Waals surface area contributed by atoms with E-state index in [0.29, 0.717) is 34.5 Å². The van der Waals surface area contributed by atoms with Crippen molar-refractivity contribution in [2.24, 2.45) is 5.92 Å². The fourth-order valence-electron chi connectivity index (χ4n) is 4.39. The van der Waals surface area contributed by atoms with Crippen LogP contribution in [-0.2, 0) is 21.4 Å². The number of carbonyl (C=O) groups excluding carboxylic acids is 1. The van der Waals surface area contributed by atoms with Crippen molar-refractivity contribution in [3.63, 3.8) is 0 Å². The number of fused-ring (bicyclic) bond motifs is 1. The number of thiazole rings is 1. The van der Waals surface area contributed by atoms with Crippen LogP contribution in [0.1, 0.15) is 29.7 Å². The van der Waals surface area contributed by atoms with Gasteiger partial charge >= 0.3 is 0 Å². The first-order valence-electron chi connectivity index (χ1n) is 11.1. The minimum Gasteiger partial charge on any atom is -0.467 e. The first-order chi connectivity index (χ1) is 16.3. The highest BCUT2D eigenvalue weighted by Gasteiger charge is 2.36. The smallest absolute Gasteiger partial charge is 0.252 e. The molecule has 1 aromatic carbocycles. The second-order valence-electron chi connectivity index (χ2n) is 8.56. The van der Waals surface area contributed by atoms with Gasteiger partial charge in [-0.2, -0.15) is 4.31 Å². The van der Waals surface area contributed by atoms with Gasteiger partial charge in [0.25, 0.3) is 10.0 Å². The van der Waals surface area contributed by atoms with Gasteiger partial charge in [-0.1, -0.05) is 23.5 Å². The minimum atomic E-state index is -3.61. The molecule has 0 radical (unpaired) electrons. The molecule has 3 aromatic heterocycles. The summed E-state index contributed by atoms with van der Waals surface area (Å²) in [5.41, 5.74) is 3.09. The second-order valence-corrected chi connectivity index (χ2v) is 12.7. The van der Waals surface area contributed by atoms with Gasteiger partial charge in [-0.3, -0.25) is 9.69 Å². The molecule has 0 N–H and O–H groups in total. The van der Waals surface area contributed by atoms with E-state index in [1.165, 1.54) is 27.0 Å². The summed E-state index contributed by atoms with van der Waals surface area (Å²) < 4.78 is 34.5. The predicted octanol–water partition coefficient (Wildman–Crippen LogP) is 5.20. The van der Waals surface area contributed by atoms with E-state index in [0.717, 1.165) is 21.3 Å². The van der Waals surface area contributed by atoms with Crippen molar-refractivity contribution in [3.8, 4) is 0 Å². The Balaban J connectivity index is 1.47. The van der Waals surface area contributed by atoms with Crippen LogP contribution in [0.3, 0.4) is 0 Å². The molecule has 0 aliphatic carbocycles. The molecule has 1 amide bonds. The molecule has 1 aliphatic rings. The third-order valence-corrected chi connectivity index (χ3v) is 10.3. The van der Waals surface area contributed by atoms with Crippen molar-refractivity contribution in [2.45, 2.75) is 37.4 Å². The average molecular weight is 516 g/mol. The van der Waals surface area contributed by atoms with Gasteiger partial charge < -0.3 is 4.42 Å². The van der Waals surface area contributed by atoms with Gasteiger partial charge in [0, 0.05) is 13.1 Å². The highest BCUT2D eigenvalue weighted by molar-refractivity contribution is 7.91. The maximum absolute atomic E-state index is 13.8. The van der Waals surface area contributed by atoms with Gasteiger partial charge in [-0.05, 0) is 67.5 Å². The zero-order chi connectivity index (χ0) is 23.9. The first kappa shape index (κ1) is 23.2. The van der Waals surface area contributed by atoms with Crippen LogP contribution in [-0.4, -0.2) is 36.7 Å². The number of benzene rings is 1. The van der Waals surface area contributed by atoms with Crippen LogP contribution in [0.2, 0.25) is 0 Å². The van der Waals surface area contributed by atoms with E-state index < -0.39 is 15.9 Å². The van der Waals surface area contributed by atoms with Crippen LogP contribution >= 0.6 is 22.7 Å². The molecule has 0 bridgehead atoms. The summed E-state index contributed by atoms with van der Waals surface area (Å²) in [5, 5.41) is 2.35. The van der Waals surface area contributed by atoms with Crippen molar-refractivity contribution < 1.29 is 17.6 Å². The summed E-state index contributed by atoms with van der Waals surface area (Å²) in [6.45, 7) is 4.89. The topological polar surface area (TPSA) is 83.7 Å². The van der Waals surface area contributed by atoms with Crippen LogP contribution in [0.5, 0.6) is 0 Å². The molecule has 178 valence electrons. The molecule has 10 heteroatoms. The lowest BCUT2D eigenvalue weighted by Gasteiger charge is -2.33. The number of piperidine rings is 1. The molecule has 5 rings (SSSR count). The van der Waals surface area contributed by atoms with Crippen LogP contribution in [0.25, 0.3) is 10.2 Å². The zero-order valence-electron chi connectivity index (χ0n) is 18.9. The van der Waals surface area contributed by atoms with E-state index in [2.05, 4.69) is 12.1 Å². The number of carbonyl (C=O) groups is 1. The van der Waals surface area contributed by atoms with Crippen LogP contribution in [0.15, 0.2) is 56.7 Å². The zero-order valence-corrected chi connectivity index (χ0v) is 21.4. The quantitative estimate of drug-likeness (QED) is 0.352. The fraction of sp³-hybridized carbons (Fsp3) is 0.333. The van der Waals surface area contributed by atoms with Crippen LogP contribution in [0.4, 0.5) is 5.13 Å². The van der Waals surface area contributed by atoms with Gasteiger partial charge in [0.2, 0.25) is 5.91 Å². The molecule has 1 atom stereocenters. The summed E-state index contributed by atoms with van der Waals surface area (Å²) in [4.78, 5) is 20.3. The van der Waals surface area contributed by atoms with E-state index >= 15 is 0 Å². The number of hydrogen-bond donors (Lipinski definition) is 0. The number of anilines is 1. The van der Waals surface area contributed by atoms with Crippen molar-refractivity contribution in [1.82, 2.24) is 9.29 Å². The van der Waals surface area contributed by atoms with Gasteiger partial charge in [-0.15, -0.1) is 11.3 Å². The third-order valence-electron chi connectivity index (χ3n) is 6.03. The van der Waals surface area contributed by atoms with E-state index in [-0.39, 0.29) is 19.0 Å². The number of rotatable bonds is 6. The Morgan fingerprint density at radius 2 is 2.12 bits per heavy atom. The summed E-state index contributed by atoms with van der Waals surface area (Å²) in [7, 11) is -3.61. The Labute approximate surface area is 206 Å². The number of nitrogens with zero attached hydrogens (tertiary/aromatic N) is 3. The van der Waals surface area contributed by atoms with Gasteiger partial charge in [0.05, 0.1) is 28.9 Å². The summed E-state index contributed by atoms with van der Waals surface area (Å²) in [6, 6.07) is 11.1. The number of thiophene rings is 1. The molecule has 4 aromatic rings. The molecule has 4 heterocycles. The maximum Gasteiger partial charge on any atom is 0.252 e. The number of sulfonamides is 1. The first-order valence-corrected chi connectivity index (χ1v) is 14.2. The molecule has 1 saturated heterocycles. The number of aryl methyl sites for hydroxylation is 2. The summed E-state index contributed by atoms with van der Waals surface area (Å²) in [5.74, 6) is 0.0728. The Hall–Kier alpha value is -2.53. The molecule has 7 nitrogen and oxygen atoms in total. The number of amides is 1. The Kier molecular flexibility index (Phi) is 6.32. The second kappa shape index (κ2) is 9.26. The molecular weight excluding hydrogens is 490 g/mol. The van der Waals surface area contributed by atoms with E-state index in [4.69, 9.17) is 9.40 Å². The Morgan fingerprint density at radius 1 is 1.26 bits per heavy atom. The molecule has 0 saturated carbocycles. The lowest BCUT2D eigenvalue weighted by Crippen LogP contribution is -2.46. The highest BCUT2D eigenvalue weighted by Crippen LogP contribution is 2.35. The van der Waals surface area contributed by atoms with Crippen LogP contribution < -0.4 is 4.90 Å². The van der Waals surface area contributed by atoms with Gasteiger partial charge in [0.1, 0.15) is 9.97 Å². The maximum atomic E-state index is 13.8. The minimum absolute atomic E-state index is 0.129. The van der Waals surface area contributed by atoms with Crippen molar-refractivity contribution in [3.05, 3.63) is 64.9 Å². The average Bonchev–Trinajstić information content (AvgIpc) is 3.59. The lowest BCUT2D eigenvalue weighted by atomic mass is 9.98. The summed E-state index contributed by atoms with van der Waals surface area (Å²) in [6.07, 6.45) is 2.85. The fourth-order valence-corrected chi connectivity index (χ4v) is 8.21. The Morgan fingerprint density at radius 3 is 2.85 bits per heavy atom. The third kappa shape index (κ3) is 4.43. The van der Waals surface area contributed by atoms with Gasteiger partial charge in [-0.25, -0.2) is 13.4 Å². The predicted molar refractivity (Wildman–Crippen MR) is 135 cm³/mol. The molecule has 1 aliphatic heterocycles. The number of aromatic nitrogens is 1. The number of furan rings is 1. The molecule has 1 fully saturated rings. The monoisotopic (exact) mass is 515 g/mol. The standard InChI is InChI=1S/C24H25N3O4S3/c1-16-12-17(2)22-20(13-16)33-24(25-22)27(15-19-7-4-10-31-19)23(28)18-6-3-9-26(14-18)34(29,30)21-8-5-11-32-21/h4-5,7-8,10-13,18H,3,6,9,14-15H2,1-2H3. The number of hydrogen-bond acceptors (Lipinski definition) is 7. The SMILES string of the molecule is Cc1cc(C)c2nc(N(Cc3ccco3)C(=O)C3CCCN(S(=O)(=O)c4cccs4)C3)sc2c1. The Bertz CT molecular complexity index is 1410.